The van der Waals surface area contributed by atoms with E-state index in [1.165, 1.54) is 24.3 Å². The Labute approximate surface area is 86.5 Å². The van der Waals surface area contributed by atoms with E-state index in [9.17, 15) is 13.5 Å². The van der Waals surface area contributed by atoms with E-state index in [0.717, 1.165) is 0 Å². The van der Waals surface area contributed by atoms with Gasteiger partial charge in [-0.25, -0.2) is 0 Å². The van der Waals surface area contributed by atoms with Crippen LogP contribution in [-0.2, 0) is 10.1 Å². The summed E-state index contributed by atoms with van der Waals surface area (Å²) in [6.07, 6.45) is 0. The molecule has 1 radical (unpaired) electrons. The molecule has 0 amide bonds. The Morgan fingerprint density at radius 2 is 1.87 bits per heavy atom. The zero-order valence-corrected chi connectivity index (χ0v) is 8.32. The lowest BCUT2D eigenvalue weighted by Gasteiger charge is -2.04. The van der Waals surface area contributed by atoms with Crippen LogP contribution in [0.15, 0.2) is 35.2 Å². The third kappa shape index (κ3) is 1.67. The first-order valence-corrected chi connectivity index (χ1v) is 5.54. The number of hydrogen-bond donors (Lipinski definition) is 2. The summed E-state index contributed by atoms with van der Waals surface area (Å²) in [5.74, 6) is -0.141. The van der Waals surface area contributed by atoms with Gasteiger partial charge in [-0.15, -0.1) is 0 Å². The number of benzene rings is 2. The fourth-order valence-electron chi connectivity index (χ4n) is 1.43. The number of phenolic OH excluding ortho intramolecular Hbond substituents is 1. The molecule has 2 aromatic carbocycles. The van der Waals surface area contributed by atoms with Gasteiger partial charge in [-0.05, 0) is 12.1 Å². The molecule has 2 rings (SSSR count). The van der Waals surface area contributed by atoms with E-state index in [2.05, 4.69) is 6.07 Å². The summed E-state index contributed by atoms with van der Waals surface area (Å²) < 4.78 is 31.0. The Morgan fingerprint density at radius 1 is 1.13 bits per heavy atom. The zero-order valence-electron chi connectivity index (χ0n) is 7.51. The number of phenols is 1. The number of rotatable bonds is 1. The highest BCUT2D eigenvalue weighted by atomic mass is 32.2. The minimum atomic E-state index is -4.27. The summed E-state index contributed by atoms with van der Waals surface area (Å²) in [4.78, 5) is -0.218. The van der Waals surface area contributed by atoms with Gasteiger partial charge in [0.2, 0.25) is 0 Å². The van der Waals surface area contributed by atoms with Crippen molar-refractivity contribution in [2.75, 3.05) is 0 Å². The third-order valence-corrected chi connectivity index (χ3v) is 2.98. The molecule has 15 heavy (non-hydrogen) atoms. The molecule has 5 heteroatoms. The lowest BCUT2D eigenvalue weighted by Crippen LogP contribution is -1.98. The van der Waals surface area contributed by atoms with E-state index in [1.807, 2.05) is 0 Å². The van der Waals surface area contributed by atoms with Crippen LogP contribution in [0, 0.1) is 6.07 Å². The van der Waals surface area contributed by atoms with E-state index < -0.39 is 10.1 Å². The van der Waals surface area contributed by atoms with Crippen LogP contribution in [0.1, 0.15) is 0 Å². The van der Waals surface area contributed by atoms with E-state index in [4.69, 9.17) is 4.55 Å². The van der Waals surface area contributed by atoms with Crippen molar-refractivity contribution < 1.29 is 18.1 Å². The lowest BCUT2D eigenvalue weighted by molar-refractivity contribution is 0.480. The molecule has 0 fully saturated rings. The fourth-order valence-corrected chi connectivity index (χ4v) is 2.14. The molecule has 0 spiro atoms. The first kappa shape index (κ1) is 9.95. The fraction of sp³-hybridized carbons (Fsp3) is 0. The molecule has 0 aliphatic carbocycles. The molecule has 0 aliphatic rings. The van der Waals surface area contributed by atoms with Crippen LogP contribution in [0.3, 0.4) is 0 Å². The molecule has 2 N–H and O–H groups in total. The quantitative estimate of drug-likeness (QED) is 0.720. The zero-order chi connectivity index (χ0) is 11.1. The lowest BCUT2D eigenvalue weighted by atomic mass is 10.1. The maximum absolute atomic E-state index is 11.0. The molecule has 0 unspecified atom stereocenters. The smallest absolute Gasteiger partial charge is 0.295 e. The summed E-state index contributed by atoms with van der Waals surface area (Å²) in [5.41, 5.74) is 0. The molecule has 2 aromatic rings. The largest absolute Gasteiger partial charge is 0.507 e. The Hall–Kier alpha value is -1.59. The van der Waals surface area contributed by atoms with Gasteiger partial charge < -0.3 is 5.11 Å². The summed E-state index contributed by atoms with van der Waals surface area (Å²) in [6, 6.07) is 9.67. The van der Waals surface area contributed by atoms with Crippen LogP contribution in [0.5, 0.6) is 5.75 Å². The standard InChI is InChI=1S/C10H7O4S/c11-9-5-1-4-8-7(9)3-2-6-10(8)15(12,13)14/h1-4,6,11H,(H,12,13,14). The summed E-state index contributed by atoms with van der Waals surface area (Å²) in [5, 5.41) is 10.0. The maximum Gasteiger partial charge on any atom is 0.295 e. The van der Waals surface area contributed by atoms with E-state index >= 15 is 0 Å². The van der Waals surface area contributed by atoms with Gasteiger partial charge in [0.05, 0.1) is 0 Å². The van der Waals surface area contributed by atoms with Crippen LogP contribution in [-0.4, -0.2) is 18.1 Å². The Morgan fingerprint density at radius 3 is 2.53 bits per heavy atom. The second-order valence-electron chi connectivity index (χ2n) is 3.02. The molecule has 0 bridgehead atoms. The Kier molecular flexibility index (Phi) is 2.13. The SMILES string of the molecule is O=S(=O)(O)c1cccc2c(O)[c]ccc12. The van der Waals surface area contributed by atoms with Gasteiger partial charge in [0.25, 0.3) is 10.1 Å². The van der Waals surface area contributed by atoms with Gasteiger partial charge in [0.1, 0.15) is 10.6 Å². The van der Waals surface area contributed by atoms with Crippen molar-refractivity contribution in [3.63, 3.8) is 0 Å². The first-order valence-electron chi connectivity index (χ1n) is 4.10. The minimum Gasteiger partial charge on any atom is -0.507 e. The molecule has 0 atom stereocenters. The maximum atomic E-state index is 11.0. The van der Waals surface area contributed by atoms with Gasteiger partial charge in [0, 0.05) is 16.8 Å². The van der Waals surface area contributed by atoms with Crippen LogP contribution >= 0.6 is 0 Å². The number of fused-ring (bicyclic) bond motifs is 1. The number of hydrogen-bond acceptors (Lipinski definition) is 3. The van der Waals surface area contributed by atoms with Crippen molar-refractivity contribution in [3.8, 4) is 5.75 Å². The third-order valence-electron chi connectivity index (χ3n) is 2.07. The summed E-state index contributed by atoms with van der Waals surface area (Å²) >= 11 is 0. The predicted octanol–water partition coefficient (Wildman–Crippen LogP) is 1.59. The molecular formula is C10H7O4S. The molecule has 0 aromatic heterocycles. The van der Waals surface area contributed by atoms with Crippen molar-refractivity contribution >= 4 is 20.9 Å². The monoisotopic (exact) mass is 223 g/mol. The highest BCUT2D eigenvalue weighted by Gasteiger charge is 2.14. The number of aromatic hydroxyl groups is 1. The van der Waals surface area contributed by atoms with E-state index in [-0.39, 0.29) is 16.0 Å². The topological polar surface area (TPSA) is 74.6 Å². The van der Waals surface area contributed by atoms with Crippen LogP contribution in [0.2, 0.25) is 0 Å². The van der Waals surface area contributed by atoms with Crippen molar-refractivity contribution in [1.82, 2.24) is 0 Å². The van der Waals surface area contributed by atoms with Crippen molar-refractivity contribution in [3.05, 3.63) is 36.4 Å². The molecule has 4 nitrogen and oxygen atoms in total. The molecule has 0 aliphatic heterocycles. The molecule has 0 saturated carbocycles. The summed E-state index contributed by atoms with van der Waals surface area (Å²) in [6.45, 7) is 0. The Bertz CT molecular complexity index is 616. The second kappa shape index (κ2) is 3.22. The van der Waals surface area contributed by atoms with Gasteiger partial charge in [-0.2, -0.15) is 8.42 Å². The predicted molar refractivity (Wildman–Crippen MR) is 54.3 cm³/mol. The highest BCUT2D eigenvalue weighted by Crippen LogP contribution is 2.28. The van der Waals surface area contributed by atoms with E-state index in [0.29, 0.717) is 5.39 Å². The minimum absolute atomic E-state index is 0.141. The molecule has 77 valence electrons. The first-order chi connectivity index (χ1) is 7.00. The highest BCUT2D eigenvalue weighted by molar-refractivity contribution is 7.86. The van der Waals surface area contributed by atoms with E-state index in [1.54, 1.807) is 6.07 Å². The second-order valence-corrected chi connectivity index (χ2v) is 4.41. The molecule has 0 heterocycles. The molecular weight excluding hydrogens is 216 g/mol. The van der Waals surface area contributed by atoms with Crippen LogP contribution < -0.4 is 0 Å². The van der Waals surface area contributed by atoms with Gasteiger partial charge in [-0.3, -0.25) is 4.55 Å². The average molecular weight is 223 g/mol. The van der Waals surface area contributed by atoms with Crippen molar-refractivity contribution in [2.45, 2.75) is 4.90 Å². The van der Waals surface area contributed by atoms with Crippen molar-refractivity contribution in [1.29, 1.82) is 0 Å². The van der Waals surface area contributed by atoms with Crippen molar-refractivity contribution in [2.24, 2.45) is 0 Å². The van der Waals surface area contributed by atoms with Crippen LogP contribution in [0.4, 0.5) is 0 Å². The normalized spacial score (nSPS) is 11.8. The van der Waals surface area contributed by atoms with Gasteiger partial charge in [-0.1, -0.05) is 18.2 Å². The summed E-state index contributed by atoms with van der Waals surface area (Å²) in [7, 11) is -4.27. The average Bonchev–Trinajstić information content (AvgIpc) is 2.16. The van der Waals surface area contributed by atoms with Gasteiger partial charge >= 0.3 is 0 Å². The van der Waals surface area contributed by atoms with Gasteiger partial charge in [0.15, 0.2) is 0 Å². The Balaban J connectivity index is 2.96. The molecule has 0 saturated heterocycles. The van der Waals surface area contributed by atoms with Crippen LogP contribution in [0.25, 0.3) is 10.8 Å².